The normalized spacial score (nSPS) is 15.4. The second kappa shape index (κ2) is 10.3. The number of nitrogen functional groups attached to an aromatic ring is 1. The number of para-hydroxylation sites is 1. The molecule has 3 aromatic carbocycles. The van der Waals surface area contributed by atoms with E-state index in [0.717, 1.165) is 6.42 Å². The van der Waals surface area contributed by atoms with Crippen molar-refractivity contribution in [2.45, 2.75) is 17.4 Å². The highest BCUT2D eigenvalue weighted by atomic mass is 35.5. The van der Waals surface area contributed by atoms with Crippen LogP contribution in [0.25, 0.3) is 22.2 Å². The molecule has 5 aromatic rings. The summed E-state index contributed by atoms with van der Waals surface area (Å²) >= 11 is 6.56. The molecule has 1 saturated heterocycles. The van der Waals surface area contributed by atoms with Crippen LogP contribution < -0.4 is 11.1 Å². The van der Waals surface area contributed by atoms with Gasteiger partial charge in [-0.05, 0) is 48.9 Å². The second-order valence-corrected chi connectivity index (χ2v) is 11.8. The molecule has 1 fully saturated rings. The number of hydrogen-bond acceptors (Lipinski definition) is 7. The van der Waals surface area contributed by atoms with Crippen molar-refractivity contribution in [1.82, 2.24) is 18.8 Å². The van der Waals surface area contributed by atoms with Gasteiger partial charge in [0.05, 0.1) is 27.3 Å². The van der Waals surface area contributed by atoms with Crippen LogP contribution in [0.1, 0.15) is 16.8 Å². The highest BCUT2D eigenvalue weighted by Crippen LogP contribution is 2.36. The molecule has 3 N–H and O–H groups in total. The zero-order valence-electron chi connectivity index (χ0n) is 21.2. The minimum Gasteiger partial charge on any atom is -0.399 e. The molecule has 3 heterocycles. The fourth-order valence-corrected chi connectivity index (χ4v) is 6.51. The lowest BCUT2D eigenvalue weighted by atomic mass is 10.1. The number of fused-ring (bicyclic) bond motifs is 1. The molecule has 11 heteroatoms. The third kappa shape index (κ3) is 4.76. The number of nitrogens with one attached hydrogen (secondary N) is 1. The maximum atomic E-state index is 13.5. The van der Waals surface area contributed by atoms with Crippen molar-refractivity contribution in [2.24, 2.45) is 0 Å². The number of hydrogen-bond donors (Lipinski definition) is 2. The number of nitrogens with two attached hydrogens (primary N) is 1. The number of nitrogens with zero attached hydrogens (tertiary/aromatic N) is 4. The van der Waals surface area contributed by atoms with Gasteiger partial charge in [0.15, 0.2) is 0 Å². The van der Waals surface area contributed by atoms with Crippen molar-refractivity contribution in [3.8, 4) is 11.3 Å². The van der Waals surface area contributed by atoms with Crippen LogP contribution >= 0.6 is 11.6 Å². The van der Waals surface area contributed by atoms with E-state index >= 15 is 0 Å². The van der Waals surface area contributed by atoms with Gasteiger partial charge >= 0.3 is 0 Å². The highest BCUT2D eigenvalue weighted by molar-refractivity contribution is 7.90. The lowest BCUT2D eigenvalue weighted by Gasteiger charge is -2.17. The fourth-order valence-electron chi connectivity index (χ4n) is 4.92. The molecule has 202 valence electrons. The molecule has 6 rings (SSSR count). The van der Waals surface area contributed by atoms with Gasteiger partial charge in [-0.1, -0.05) is 48.0 Å². The topological polar surface area (TPSA) is 123 Å². The molecule has 9 nitrogen and oxygen atoms in total. The zero-order valence-corrected chi connectivity index (χ0v) is 22.8. The Balaban J connectivity index is 1.29. The first-order valence-corrected chi connectivity index (χ1v) is 14.5. The number of carbonyl (C=O) groups excluding carboxylic acids is 1. The summed E-state index contributed by atoms with van der Waals surface area (Å²) in [7, 11) is -3.86. The van der Waals surface area contributed by atoms with Crippen molar-refractivity contribution >= 4 is 50.1 Å². The fraction of sp³-hybridized carbons (Fsp3) is 0.138. The van der Waals surface area contributed by atoms with Crippen molar-refractivity contribution in [2.75, 3.05) is 24.1 Å². The third-order valence-electron chi connectivity index (χ3n) is 6.94. The Morgan fingerprint density at radius 1 is 1.00 bits per heavy atom. The van der Waals surface area contributed by atoms with Gasteiger partial charge in [0.2, 0.25) is 5.95 Å². The van der Waals surface area contributed by atoms with E-state index in [-0.39, 0.29) is 21.9 Å². The molecule has 0 radical (unpaired) electrons. The van der Waals surface area contributed by atoms with Gasteiger partial charge in [-0.3, -0.25) is 4.79 Å². The van der Waals surface area contributed by atoms with Gasteiger partial charge in [0.25, 0.3) is 15.9 Å². The zero-order chi connectivity index (χ0) is 27.9. The number of anilines is 2. The number of likely N-dealkylation sites (tertiary alicyclic amines) is 1. The molecular formula is C29H25ClN6O3S. The molecule has 1 atom stereocenters. The molecular weight excluding hydrogens is 548 g/mol. The summed E-state index contributed by atoms with van der Waals surface area (Å²) in [5.41, 5.74) is 8.42. The second-order valence-electron chi connectivity index (χ2n) is 9.57. The first-order valence-electron chi connectivity index (χ1n) is 12.7. The summed E-state index contributed by atoms with van der Waals surface area (Å²) < 4.78 is 28.3. The standard InChI is InChI=1S/C29H25ClN6O3S/c30-25-16-32-29(33-21-14-15-35(17-21)28(37)19-10-12-20(31)13-11-19)34-27(25)24-18-36(26-9-5-4-8-23(24)26)40(38,39)22-6-2-1-3-7-22/h1-13,16,18,21H,14-15,17,31H2,(H,32,33,34). The Morgan fingerprint density at radius 2 is 1.73 bits per heavy atom. The first-order chi connectivity index (χ1) is 19.3. The number of carbonyl (C=O) groups is 1. The number of halogens is 1. The van der Waals surface area contributed by atoms with Gasteiger partial charge in [0.1, 0.15) is 0 Å². The summed E-state index contributed by atoms with van der Waals surface area (Å²) in [6, 6.07) is 22.3. The molecule has 0 saturated carbocycles. The van der Waals surface area contributed by atoms with Crippen LogP contribution in [0.5, 0.6) is 0 Å². The molecule has 0 bridgehead atoms. The van der Waals surface area contributed by atoms with Crippen LogP contribution in [0.3, 0.4) is 0 Å². The molecule has 2 aromatic heterocycles. The Kier molecular flexibility index (Phi) is 6.65. The third-order valence-corrected chi connectivity index (χ3v) is 8.91. The smallest absolute Gasteiger partial charge is 0.268 e. The van der Waals surface area contributed by atoms with E-state index in [0.29, 0.717) is 52.4 Å². The van der Waals surface area contributed by atoms with Crippen molar-refractivity contribution in [3.05, 3.63) is 102 Å². The Bertz CT molecular complexity index is 1820. The minimum atomic E-state index is -3.86. The monoisotopic (exact) mass is 572 g/mol. The van der Waals surface area contributed by atoms with Crippen LogP contribution in [-0.4, -0.2) is 52.3 Å². The molecule has 0 spiro atoms. The van der Waals surface area contributed by atoms with Gasteiger partial charge < -0.3 is 16.0 Å². The molecule has 0 aliphatic carbocycles. The van der Waals surface area contributed by atoms with E-state index in [2.05, 4.69) is 15.3 Å². The number of benzene rings is 3. The summed E-state index contributed by atoms with van der Waals surface area (Å²) in [4.78, 5) is 23.9. The van der Waals surface area contributed by atoms with Crippen molar-refractivity contribution in [3.63, 3.8) is 0 Å². The minimum absolute atomic E-state index is 0.0607. The number of amides is 1. The summed E-state index contributed by atoms with van der Waals surface area (Å²) in [5, 5.41) is 4.29. The van der Waals surface area contributed by atoms with E-state index in [1.165, 1.54) is 10.2 Å². The van der Waals surface area contributed by atoms with Crippen LogP contribution in [-0.2, 0) is 10.0 Å². The van der Waals surface area contributed by atoms with E-state index in [1.54, 1.807) is 77.8 Å². The van der Waals surface area contributed by atoms with Gasteiger partial charge in [-0.2, -0.15) is 0 Å². The van der Waals surface area contributed by atoms with E-state index in [1.807, 2.05) is 12.1 Å². The Hall–Kier alpha value is -4.41. The molecule has 1 aliphatic rings. The quantitative estimate of drug-likeness (QED) is 0.277. The predicted octanol–water partition coefficient (Wildman–Crippen LogP) is 4.90. The van der Waals surface area contributed by atoms with E-state index in [4.69, 9.17) is 17.3 Å². The lowest BCUT2D eigenvalue weighted by molar-refractivity contribution is 0.0791. The molecule has 1 unspecified atom stereocenters. The average Bonchev–Trinajstić information content (AvgIpc) is 3.60. The summed E-state index contributed by atoms with van der Waals surface area (Å²) in [5.74, 6) is 0.281. The lowest BCUT2D eigenvalue weighted by Crippen LogP contribution is -2.31. The summed E-state index contributed by atoms with van der Waals surface area (Å²) in [6.45, 7) is 1.07. The van der Waals surface area contributed by atoms with Crippen LogP contribution in [0.2, 0.25) is 5.02 Å². The van der Waals surface area contributed by atoms with Crippen molar-refractivity contribution < 1.29 is 13.2 Å². The Labute approximate surface area is 236 Å². The van der Waals surface area contributed by atoms with Crippen LogP contribution in [0.15, 0.2) is 96.2 Å². The van der Waals surface area contributed by atoms with Crippen LogP contribution in [0, 0.1) is 0 Å². The predicted molar refractivity (Wildman–Crippen MR) is 156 cm³/mol. The van der Waals surface area contributed by atoms with E-state index < -0.39 is 10.0 Å². The highest BCUT2D eigenvalue weighted by Gasteiger charge is 2.28. The maximum Gasteiger partial charge on any atom is 0.268 e. The van der Waals surface area contributed by atoms with E-state index in [9.17, 15) is 13.2 Å². The SMILES string of the molecule is Nc1ccc(C(=O)N2CCC(Nc3ncc(Cl)c(-c4cn(S(=O)(=O)c5ccccc5)c5ccccc45)n3)C2)cc1. The number of rotatable bonds is 6. The molecule has 40 heavy (non-hydrogen) atoms. The van der Waals surface area contributed by atoms with Crippen molar-refractivity contribution in [1.29, 1.82) is 0 Å². The molecule has 1 aliphatic heterocycles. The van der Waals surface area contributed by atoms with Gasteiger partial charge in [0, 0.05) is 47.5 Å². The average molecular weight is 573 g/mol. The maximum absolute atomic E-state index is 13.5. The summed E-state index contributed by atoms with van der Waals surface area (Å²) in [6.07, 6.45) is 3.76. The first kappa shape index (κ1) is 25.8. The molecule has 1 amide bonds. The van der Waals surface area contributed by atoms with Crippen LogP contribution in [0.4, 0.5) is 11.6 Å². The van der Waals surface area contributed by atoms with Gasteiger partial charge in [-0.15, -0.1) is 0 Å². The number of aromatic nitrogens is 3. The Morgan fingerprint density at radius 3 is 2.50 bits per heavy atom. The van der Waals surface area contributed by atoms with Gasteiger partial charge in [-0.25, -0.2) is 22.4 Å². The largest absolute Gasteiger partial charge is 0.399 e.